The summed E-state index contributed by atoms with van der Waals surface area (Å²) < 4.78 is 38.8. The zero-order valence-corrected chi connectivity index (χ0v) is 8.64. The average Bonchev–Trinajstić information content (AvgIpc) is 2.24. The zero-order chi connectivity index (χ0) is 11.9. The van der Waals surface area contributed by atoms with Gasteiger partial charge >= 0.3 is 0 Å². The number of β-lactam (4-membered cyclic amide) rings is 1. The molecule has 1 aliphatic rings. The second-order valence-corrected chi connectivity index (χ2v) is 3.92. The number of nitrogens with zero attached hydrogens (tertiary/aromatic N) is 1. The molecule has 0 spiro atoms. The molecule has 1 amide bonds. The van der Waals surface area contributed by atoms with Gasteiger partial charge in [0.15, 0.2) is 11.6 Å². The topological polar surface area (TPSA) is 20.3 Å². The van der Waals surface area contributed by atoms with E-state index in [9.17, 15) is 18.0 Å². The lowest BCUT2D eigenvalue weighted by Crippen LogP contribution is -2.50. The lowest BCUT2D eigenvalue weighted by atomic mass is 9.95. The molecular formula is C11H10F3NO. The quantitative estimate of drug-likeness (QED) is 0.560. The summed E-state index contributed by atoms with van der Waals surface area (Å²) in [5, 5.41) is 0. The minimum absolute atomic E-state index is 0.0204. The van der Waals surface area contributed by atoms with E-state index >= 15 is 0 Å². The van der Waals surface area contributed by atoms with E-state index in [4.69, 9.17) is 0 Å². The predicted molar refractivity (Wildman–Crippen MR) is 51.2 cm³/mol. The van der Waals surface area contributed by atoms with Crippen LogP contribution in [-0.4, -0.2) is 23.9 Å². The van der Waals surface area contributed by atoms with Gasteiger partial charge in [0.25, 0.3) is 0 Å². The maximum Gasteiger partial charge on any atom is 0.224 e. The van der Waals surface area contributed by atoms with Gasteiger partial charge in [0.1, 0.15) is 5.82 Å². The predicted octanol–water partition coefficient (Wildman–Crippen LogP) is 1.88. The van der Waals surface area contributed by atoms with Crippen LogP contribution in [0.15, 0.2) is 12.1 Å². The SMILES string of the molecule is CN1C(=O)C[C@H]1Cc1cc(F)c(F)cc1F. The van der Waals surface area contributed by atoms with Gasteiger partial charge in [-0.25, -0.2) is 13.2 Å². The number of likely N-dealkylation sites (tertiary alicyclic amines) is 1. The summed E-state index contributed by atoms with van der Waals surface area (Å²) in [5.74, 6) is -3.05. The zero-order valence-electron chi connectivity index (χ0n) is 8.64. The summed E-state index contributed by atoms with van der Waals surface area (Å²) >= 11 is 0. The third-order valence-corrected chi connectivity index (χ3v) is 2.90. The molecule has 0 unspecified atom stereocenters. The van der Waals surface area contributed by atoms with Crippen molar-refractivity contribution in [2.24, 2.45) is 0 Å². The van der Waals surface area contributed by atoms with Crippen molar-refractivity contribution in [3.63, 3.8) is 0 Å². The van der Waals surface area contributed by atoms with Gasteiger partial charge in [0, 0.05) is 25.6 Å². The van der Waals surface area contributed by atoms with E-state index in [2.05, 4.69) is 0 Å². The molecule has 1 aromatic rings. The van der Waals surface area contributed by atoms with Crippen LogP contribution in [0.2, 0.25) is 0 Å². The highest BCUT2D eigenvalue weighted by atomic mass is 19.2. The number of benzene rings is 1. The molecule has 0 saturated carbocycles. The Labute approximate surface area is 90.7 Å². The first-order valence-electron chi connectivity index (χ1n) is 4.88. The molecule has 0 aliphatic carbocycles. The lowest BCUT2D eigenvalue weighted by molar-refractivity contribution is -0.143. The van der Waals surface area contributed by atoms with E-state index in [-0.39, 0.29) is 23.9 Å². The van der Waals surface area contributed by atoms with E-state index < -0.39 is 17.5 Å². The Kier molecular flexibility index (Phi) is 2.61. The van der Waals surface area contributed by atoms with Crippen LogP contribution in [0, 0.1) is 17.5 Å². The summed E-state index contributed by atoms with van der Waals surface area (Å²) in [5.41, 5.74) is 0.100. The van der Waals surface area contributed by atoms with Crippen LogP contribution in [0.3, 0.4) is 0 Å². The molecule has 0 radical (unpaired) electrons. The second kappa shape index (κ2) is 3.81. The van der Waals surface area contributed by atoms with Crippen molar-refractivity contribution < 1.29 is 18.0 Å². The monoisotopic (exact) mass is 229 g/mol. The molecule has 1 aliphatic heterocycles. The second-order valence-electron chi connectivity index (χ2n) is 3.92. The molecule has 1 fully saturated rings. The van der Waals surface area contributed by atoms with Crippen molar-refractivity contribution in [3.05, 3.63) is 35.1 Å². The molecule has 0 aromatic heterocycles. The van der Waals surface area contributed by atoms with Crippen molar-refractivity contribution in [2.75, 3.05) is 7.05 Å². The number of rotatable bonds is 2. The Bertz CT molecular complexity index is 447. The Morgan fingerprint density at radius 2 is 1.88 bits per heavy atom. The van der Waals surface area contributed by atoms with Gasteiger partial charge in [-0.3, -0.25) is 4.79 Å². The normalized spacial score (nSPS) is 19.9. The number of carbonyl (C=O) groups is 1. The first kappa shape index (κ1) is 11.0. The Balaban J connectivity index is 2.16. The Hall–Kier alpha value is -1.52. The van der Waals surface area contributed by atoms with Crippen LogP contribution >= 0.6 is 0 Å². The van der Waals surface area contributed by atoms with Gasteiger partial charge in [-0.1, -0.05) is 0 Å². The van der Waals surface area contributed by atoms with Gasteiger partial charge in [-0.15, -0.1) is 0 Å². The summed E-state index contributed by atoms with van der Waals surface area (Å²) in [6, 6.07) is 1.26. The van der Waals surface area contributed by atoms with Gasteiger partial charge in [-0.05, 0) is 18.1 Å². The third kappa shape index (κ3) is 1.77. The summed E-state index contributed by atoms with van der Waals surface area (Å²) in [4.78, 5) is 12.4. The minimum Gasteiger partial charge on any atom is -0.342 e. The van der Waals surface area contributed by atoms with Crippen molar-refractivity contribution in [3.8, 4) is 0 Å². The van der Waals surface area contributed by atoms with Crippen molar-refractivity contribution >= 4 is 5.91 Å². The summed E-state index contributed by atoms with van der Waals surface area (Å²) in [6.07, 6.45) is 0.542. The number of likely N-dealkylation sites (N-methyl/N-ethyl adjacent to an activating group) is 1. The summed E-state index contributed by atoms with van der Waals surface area (Å²) in [7, 11) is 1.61. The molecule has 1 heterocycles. The fourth-order valence-electron chi connectivity index (χ4n) is 1.76. The third-order valence-electron chi connectivity index (χ3n) is 2.90. The van der Waals surface area contributed by atoms with E-state index in [0.29, 0.717) is 12.5 Å². The van der Waals surface area contributed by atoms with Gasteiger partial charge in [-0.2, -0.15) is 0 Å². The first-order valence-corrected chi connectivity index (χ1v) is 4.88. The molecule has 0 N–H and O–H groups in total. The van der Waals surface area contributed by atoms with Gasteiger partial charge in [0.2, 0.25) is 5.91 Å². The molecule has 0 bridgehead atoms. The van der Waals surface area contributed by atoms with Crippen LogP contribution in [-0.2, 0) is 11.2 Å². The molecule has 1 aromatic carbocycles. The highest BCUT2D eigenvalue weighted by molar-refractivity contribution is 5.82. The van der Waals surface area contributed by atoms with Crippen molar-refractivity contribution in [2.45, 2.75) is 18.9 Å². The maximum atomic E-state index is 13.3. The molecule has 16 heavy (non-hydrogen) atoms. The van der Waals surface area contributed by atoms with Gasteiger partial charge in [0.05, 0.1) is 0 Å². The van der Waals surface area contributed by atoms with E-state index in [1.807, 2.05) is 0 Å². The number of carbonyl (C=O) groups excluding carboxylic acids is 1. The first-order chi connectivity index (χ1) is 7.49. The van der Waals surface area contributed by atoms with Crippen molar-refractivity contribution in [1.29, 1.82) is 0 Å². The van der Waals surface area contributed by atoms with Gasteiger partial charge < -0.3 is 4.90 Å². The van der Waals surface area contributed by atoms with Crippen LogP contribution in [0.4, 0.5) is 13.2 Å². The fourth-order valence-corrected chi connectivity index (χ4v) is 1.76. The van der Waals surface area contributed by atoms with Crippen LogP contribution in [0.5, 0.6) is 0 Å². The number of hydrogen-bond donors (Lipinski definition) is 0. The van der Waals surface area contributed by atoms with E-state index in [0.717, 1.165) is 6.07 Å². The Morgan fingerprint density at radius 3 is 2.44 bits per heavy atom. The molecule has 2 nitrogen and oxygen atoms in total. The standard InChI is InChI=1S/C11H10F3NO/c1-15-7(4-11(15)16)2-6-3-9(13)10(14)5-8(6)12/h3,5,7H,2,4H2,1H3/t7-/m1/s1. The molecule has 86 valence electrons. The molecular weight excluding hydrogens is 219 g/mol. The smallest absolute Gasteiger partial charge is 0.224 e. The number of hydrogen-bond acceptors (Lipinski definition) is 1. The van der Waals surface area contributed by atoms with E-state index in [1.165, 1.54) is 4.90 Å². The lowest BCUT2D eigenvalue weighted by Gasteiger charge is -2.37. The molecule has 2 rings (SSSR count). The van der Waals surface area contributed by atoms with Crippen LogP contribution in [0.1, 0.15) is 12.0 Å². The highest BCUT2D eigenvalue weighted by Crippen LogP contribution is 2.23. The fraction of sp³-hybridized carbons (Fsp3) is 0.364. The molecule has 1 atom stereocenters. The van der Waals surface area contributed by atoms with Crippen molar-refractivity contribution in [1.82, 2.24) is 4.90 Å². The molecule has 5 heteroatoms. The van der Waals surface area contributed by atoms with E-state index in [1.54, 1.807) is 7.05 Å². The van der Waals surface area contributed by atoms with Crippen LogP contribution < -0.4 is 0 Å². The largest absolute Gasteiger partial charge is 0.342 e. The highest BCUT2D eigenvalue weighted by Gasteiger charge is 2.33. The minimum atomic E-state index is -1.20. The Morgan fingerprint density at radius 1 is 1.25 bits per heavy atom. The number of amides is 1. The average molecular weight is 229 g/mol. The molecule has 1 saturated heterocycles. The maximum absolute atomic E-state index is 13.3. The number of halogens is 3. The summed E-state index contributed by atoms with van der Waals surface area (Å²) in [6.45, 7) is 0. The van der Waals surface area contributed by atoms with Crippen LogP contribution in [0.25, 0.3) is 0 Å².